The summed E-state index contributed by atoms with van der Waals surface area (Å²) in [6.07, 6.45) is -8.87. The number of thiazole rings is 2. The summed E-state index contributed by atoms with van der Waals surface area (Å²) >= 11 is 8.32. The molecule has 0 spiro atoms. The highest BCUT2D eigenvalue weighted by molar-refractivity contribution is 7.16. The molecule has 362 valence electrons. The molecule has 1 fully saturated rings. The van der Waals surface area contributed by atoms with Crippen molar-refractivity contribution in [3.63, 3.8) is 0 Å². The van der Waals surface area contributed by atoms with Crippen molar-refractivity contribution in [2.75, 3.05) is 24.9 Å². The number of aromatic nitrogens is 6. The number of hydrogen-bond donors (Lipinski definition) is 2. The van der Waals surface area contributed by atoms with Crippen LogP contribution in [0.25, 0.3) is 32.1 Å². The van der Waals surface area contributed by atoms with Crippen molar-refractivity contribution in [1.29, 1.82) is 0 Å². The number of benzene rings is 4. The van der Waals surface area contributed by atoms with E-state index in [1.165, 1.54) is 61.2 Å². The Morgan fingerprint density at radius 3 is 1.61 bits per heavy atom. The fourth-order valence-electron chi connectivity index (χ4n) is 6.43. The number of nitrogens with zero attached hydrogens (tertiary/aromatic N) is 6. The highest BCUT2D eigenvalue weighted by atomic mass is 35.5. The Balaban J connectivity index is 0.000000160. The number of methoxy groups -OCH3 is 2. The number of carbonyl (C=O) groups excluding carboxylic acids is 2. The van der Waals surface area contributed by atoms with Crippen molar-refractivity contribution in [1.82, 2.24) is 29.9 Å². The van der Waals surface area contributed by atoms with Gasteiger partial charge < -0.3 is 29.4 Å². The van der Waals surface area contributed by atoms with Crippen LogP contribution in [0.1, 0.15) is 59.5 Å². The molecule has 5 heterocycles. The Kier molecular flexibility index (Phi) is 15.1. The standard InChI is InChI=1S/C20H13F3N4O2S.C14H19BO4.C12H6ClF3N4S/c1-29-19(28)12-5-2-4-11(8-12)16-26-17(15-18(27-16)30-10-24-15)25-14-7-3-6-13(9-14)20(21,22)23;1-13(2)14(3,4)19-15(18-13)11-8-6-7-10(9-11)12(16)17-5;13-11-19-9(8-10(20-11)21-5-17-8)18-7-3-1-2-6(4-7)12(14,15)16/h2-10H,1H3,(H,25,26,27);6-9H,1-5H3;1-5H,(H,18,19,20). The largest absolute Gasteiger partial charge is 0.494 e. The number of alkyl halides is 6. The lowest BCUT2D eigenvalue weighted by atomic mass is 9.78. The monoisotopic (exact) mass is 1020 g/mol. The van der Waals surface area contributed by atoms with Gasteiger partial charge in [0.2, 0.25) is 5.28 Å². The highest BCUT2D eigenvalue weighted by Gasteiger charge is 2.51. The molecule has 1 aliphatic heterocycles. The minimum Gasteiger partial charge on any atom is -0.465 e. The summed E-state index contributed by atoms with van der Waals surface area (Å²) in [6.45, 7) is 7.99. The molecule has 0 aliphatic carbocycles. The van der Waals surface area contributed by atoms with E-state index in [1.807, 2.05) is 33.8 Å². The zero-order chi connectivity index (χ0) is 50.6. The molecule has 2 N–H and O–H groups in total. The summed E-state index contributed by atoms with van der Waals surface area (Å²) in [5, 5.41) is 5.70. The summed E-state index contributed by atoms with van der Waals surface area (Å²) < 4.78 is 98.5. The van der Waals surface area contributed by atoms with E-state index >= 15 is 0 Å². The van der Waals surface area contributed by atoms with Crippen molar-refractivity contribution in [3.05, 3.63) is 136 Å². The predicted molar refractivity (Wildman–Crippen MR) is 255 cm³/mol. The fourth-order valence-corrected chi connectivity index (χ4v) is 7.97. The number of anilines is 4. The molecule has 1 saturated heterocycles. The zero-order valence-electron chi connectivity index (χ0n) is 37.6. The Morgan fingerprint density at radius 2 is 1.10 bits per heavy atom. The average molecular weight is 1020 g/mol. The van der Waals surface area contributed by atoms with E-state index in [4.69, 9.17) is 30.4 Å². The Hall–Kier alpha value is -6.79. The molecule has 24 heteroatoms. The molecule has 4 aromatic carbocycles. The molecule has 0 bridgehead atoms. The molecule has 70 heavy (non-hydrogen) atoms. The van der Waals surface area contributed by atoms with Crippen molar-refractivity contribution < 1.29 is 54.7 Å². The van der Waals surface area contributed by atoms with Crippen molar-refractivity contribution in [2.24, 2.45) is 0 Å². The van der Waals surface area contributed by atoms with Gasteiger partial charge >= 0.3 is 31.4 Å². The minimum atomic E-state index is -4.46. The van der Waals surface area contributed by atoms with Crippen LogP contribution in [-0.2, 0) is 31.1 Å². The number of rotatable bonds is 8. The smallest absolute Gasteiger partial charge is 0.465 e. The molecule has 0 amide bonds. The maximum Gasteiger partial charge on any atom is 0.494 e. The molecule has 14 nitrogen and oxygen atoms in total. The van der Waals surface area contributed by atoms with E-state index < -0.39 is 36.6 Å². The minimum absolute atomic E-state index is 0.00114. The van der Waals surface area contributed by atoms with Crippen LogP contribution < -0.4 is 16.1 Å². The summed E-state index contributed by atoms with van der Waals surface area (Å²) in [6, 6.07) is 23.3. The van der Waals surface area contributed by atoms with Gasteiger partial charge in [-0.1, -0.05) is 36.4 Å². The Labute approximate surface area is 408 Å². The third-order valence-electron chi connectivity index (χ3n) is 10.6. The van der Waals surface area contributed by atoms with Crippen LogP contribution >= 0.6 is 34.3 Å². The molecule has 0 unspecified atom stereocenters. The first kappa shape index (κ1) is 51.1. The lowest BCUT2D eigenvalue weighted by Gasteiger charge is -2.32. The van der Waals surface area contributed by atoms with E-state index in [0.717, 1.165) is 29.7 Å². The molecule has 4 aromatic heterocycles. The maximum atomic E-state index is 13.0. The van der Waals surface area contributed by atoms with Gasteiger partial charge in [0.25, 0.3) is 0 Å². The predicted octanol–water partition coefficient (Wildman–Crippen LogP) is 11.6. The average Bonchev–Trinajstić information content (AvgIpc) is 4.06. The highest BCUT2D eigenvalue weighted by Crippen LogP contribution is 2.37. The van der Waals surface area contributed by atoms with Crippen LogP contribution in [-0.4, -0.2) is 74.4 Å². The molecule has 9 rings (SSSR count). The van der Waals surface area contributed by atoms with E-state index in [-0.39, 0.29) is 45.5 Å². The maximum absolute atomic E-state index is 13.0. The second-order valence-electron chi connectivity index (χ2n) is 15.9. The van der Waals surface area contributed by atoms with Gasteiger partial charge in [0.1, 0.15) is 15.9 Å². The third-order valence-corrected chi connectivity index (χ3v) is 12.3. The van der Waals surface area contributed by atoms with Gasteiger partial charge in [0.05, 0.1) is 58.7 Å². The lowest BCUT2D eigenvalue weighted by molar-refractivity contribution is -0.138. The number of fused-ring (bicyclic) bond motifs is 2. The first-order chi connectivity index (χ1) is 33.0. The summed E-state index contributed by atoms with van der Waals surface area (Å²) in [4.78, 5) is 49.6. The molecule has 0 radical (unpaired) electrons. The molecular weight excluding hydrogens is 985 g/mol. The number of nitrogens with one attached hydrogen (secondary N) is 2. The lowest BCUT2D eigenvalue weighted by Crippen LogP contribution is -2.41. The van der Waals surface area contributed by atoms with Crippen molar-refractivity contribution >= 4 is 102 Å². The van der Waals surface area contributed by atoms with Gasteiger partial charge in [0.15, 0.2) is 22.3 Å². The Bertz CT molecular complexity index is 3180. The molecular formula is C46H38BClF6N8O6S2. The molecule has 0 atom stereocenters. The number of carbonyl (C=O) groups is 2. The topological polar surface area (TPSA) is 172 Å². The van der Waals surface area contributed by atoms with Crippen LogP contribution in [0.5, 0.6) is 0 Å². The Morgan fingerprint density at radius 1 is 0.629 bits per heavy atom. The van der Waals surface area contributed by atoms with E-state index in [1.54, 1.807) is 53.5 Å². The molecule has 8 aromatic rings. The van der Waals surface area contributed by atoms with Crippen molar-refractivity contribution in [3.8, 4) is 11.4 Å². The van der Waals surface area contributed by atoms with E-state index in [2.05, 4.69) is 40.5 Å². The molecule has 0 saturated carbocycles. The van der Waals surface area contributed by atoms with E-state index in [9.17, 15) is 35.9 Å². The third kappa shape index (κ3) is 12.0. The number of ether oxygens (including phenoxy) is 2. The van der Waals surface area contributed by atoms with Crippen LogP contribution in [0, 0.1) is 0 Å². The second kappa shape index (κ2) is 20.7. The van der Waals surface area contributed by atoms with Gasteiger partial charge in [0, 0.05) is 16.9 Å². The van der Waals surface area contributed by atoms with Crippen LogP contribution in [0.4, 0.5) is 49.4 Å². The van der Waals surface area contributed by atoms with Crippen LogP contribution in [0.15, 0.2) is 108 Å². The quantitative estimate of drug-likeness (QED) is 0.0637. The first-order valence-electron chi connectivity index (χ1n) is 20.5. The SMILES string of the molecule is COC(=O)c1cccc(-c2nc(Nc3cccc(C(F)(F)F)c3)c3ncsc3n2)c1.COC(=O)c1cccc(B2OC(C)(C)C(C)(C)O2)c1.FC(F)(F)c1cccc(Nc2nc(Cl)nc3scnc23)c1. The van der Waals surface area contributed by atoms with Gasteiger partial charge in [-0.25, -0.2) is 34.5 Å². The normalized spacial score (nSPS) is 14.0. The first-order valence-corrected chi connectivity index (χ1v) is 22.7. The summed E-state index contributed by atoms with van der Waals surface area (Å²) in [5.74, 6) is -0.0343. The zero-order valence-corrected chi connectivity index (χ0v) is 40.0. The second-order valence-corrected chi connectivity index (χ2v) is 17.9. The van der Waals surface area contributed by atoms with Gasteiger partial charge in [-0.05, 0) is 105 Å². The van der Waals surface area contributed by atoms with E-state index in [0.29, 0.717) is 43.2 Å². The van der Waals surface area contributed by atoms with Crippen LogP contribution in [0.3, 0.4) is 0 Å². The van der Waals surface area contributed by atoms with Gasteiger partial charge in [-0.15, -0.1) is 22.7 Å². The van der Waals surface area contributed by atoms with Gasteiger partial charge in [-0.2, -0.15) is 31.3 Å². The van der Waals surface area contributed by atoms with Crippen molar-refractivity contribution in [2.45, 2.75) is 51.2 Å². The fraction of sp³-hybridized carbons (Fsp3) is 0.217. The number of halogens is 7. The number of hydrogen-bond acceptors (Lipinski definition) is 16. The summed E-state index contributed by atoms with van der Waals surface area (Å²) in [5.41, 5.74) is 4.39. The van der Waals surface area contributed by atoms with Gasteiger partial charge in [-0.3, -0.25) is 0 Å². The van der Waals surface area contributed by atoms with Crippen LogP contribution in [0.2, 0.25) is 5.28 Å². The number of esters is 2. The summed E-state index contributed by atoms with van der Waals surface area (Å²) in [7, 11) is 2.19. The molecule has 1 aliphatic rings.